The Morgan fingerprint density at radius 2 is 1.62 bits per heavy atom. The molecular formula is C5H9Br2P. The second-order valence-corrected chi connectivity index (χ2v) is 7.05. The summed E-state index contributed by atoms with van der Waals surface area (Å²) in [5, 5.41) is 0. The Labute approximate surface area is 68.4 Å². The van der Waals surface area contributed by atoms with Crippen molar-refractivity contribution in [1.82, 2.24) is 0 Å². The minimum Gasteiger partial charge on any atom is -0.108 e. The van der Waals surface area contributed by atoms with Gasteiger partial charge in [0.25, 0.3) is 0 Å². The first-order valence-corrected chi connectivity index (χ1v) is 6.66. The third-order valence-electron chi connectivity index (χ3n) is 1.36. The zero-order valence-electron chi connectivity index (χ0n) is 4.77. The lowest BCUT2D eigenvalue weighted by Crippen LogP contribution is -2.08. The quantitative estimate of drug-likeness (QED) is 0.464. The average Bonchev–Trinajstić information content (AvgIpc) is 1.85. The first-order valence-electron chi connectivity index (χ1n) is 2.67. The van der Waals surface area contributed by atoms with E-state index in [0.717, 1.165) is 9.65 Å². The van der Waals surface area contributed by atoms with Crippen LogP contribution in [0.25, 0.3) is 0 Å². The lowest BCUT2D eigenvalue weighted by atomic mass is 10.4. The monoisotopic (exact) mass is 258 g/mol. The van der Waals surface area contributed by atoms with Gasteiger partial charge in [0.15, 0.2) is 0 Å². The molecule has 1 aliphatic rings. The molecule has 0 aromatic carbocycles. The molecule has 0 saturated carbocycles. The molecule has 0 nitrogen and oxygen atoms in total. The fourth-order valence-electron chi connectivity index (χ4n) is 0.899. The lowest BCUT2D eigenvalue weighted by Gasteiger charge is -2.00. The van der Waals surface area contributed by atoms with Gasteiger partial charge in [-0.2, -0.15) is 0 Å². The molecule has 1 fully saturated rings. The van der Waals surface area contributed by atoms with Gasteiger partial charge in [-0.1, -0.05) is 31.9 Å². The maximum Gasteiger partial charge on any atom is 0.0313 e. The van der Waals surface area contributed by atoms with Crippen molar-refractivity contribution in [3.8, 4) is 0 Å². The predicted molar refractivity (Wildman–Crippen MR) is 48.0 cm³/mol. The van der Waals surface area contributed by atoms with Crippen LogP contribution >= 0.6 is 39.8 Å². The van der Waals surface area contributed by atoms with Crippen molar-refractivity contribution >= 4 is 39.8 Å². The average molecular weight is 260 g/mol. The highest BCUT2D eigenvalue weighted by atomic mass is 79.9. The van der Waals surface area contributed by atoms with Crippen molar-refractivity contribution in [3.05, 3.63) is 0 Å². The van der Waals surface area contributed by atoms with E-state index in [0.29, 0.717) is 7.92 Å². The van der Waals surface area contributed by atoms with Crippen LogP contribution in [-0.2, 0) is 0 Å². The molecule has 0 spiro atoms. The molecule has 0 aromatic heterocycles. The number of alkyl halides is 2. The molecule has 0 N–H and O–H groups in total. The molecule has 8 heavy (non-hydrogen) atoms. The van der Waals surface area contributed by atoms with Crippen molar-refractivity contribution in [1.29, 1.82) is 0 Å². The molecule has 3 heteroatoms. The van der Waals surface area contributed by atoms with E-state index in [2.05, 4.69) is 38.5 Å². The summed E-state index contributed by atoms with van der Waals surface area (Å²) < 4.78 is 0. The summed E-state index contributed by atoms with van der Waals surface area (Å²) in [5.74, 6) is 0. The van der Waals surface area contributed by atoms with Crippen molar-refractivity contribution in [3.63, 3.8) is 0 Å². The molecule has 1 aliphatic heterocycles. The minimum absolute atomic E-state index is 0.363. The van der Waals surface area contributed by atoms with E-state index in [9.17, 15) is 0 Å². The number of hydrogen-bond donors (Lipinski definition) is 0. The molecule has 0 amide bonds. The topological polar surface area (TPSA) is 0 Å². The van der Waals surface area contributed by atoms with Crippen LogP contribution in [0.5, 0.6) is 0 Å². The number of halogens is 2. The zero-order valence-corrected chi connectivity index (χ0v) is 8.84. The Kier molecular flexibility index (Phi) is 2.80. The van der Waals surface area contributed by atoms with Gasteiger partial charge in [0.05, 0.1) is 0 Å². The summed E-state index contributed by atoms with van der Waals surface area (Å²) in [6, 6.07) is 0. The normalized spacial score (nSPS) is 47.6. The van der Waals surface area contributed by atoms with E-state index in [-0.39, 0.29) is 0 Å². The van der Waals surface area contributed by atoms with Gasteiger partial charge in [-0.25, -0.2) is 0 Å². The summed E-state index contributed by atoms with van der Waals surface area (Å²) in [7, 11) is 0.363. The summed E-state index contributed by atoms with van der Waals surface area (Å²) in [5.41, 5.74) is 0. The maximum atomic E-state index is 3.61. The van der Waals surface area contributed by atoms with Crippen molar-refractivity contribution < 1.29 is 0 Å². The Hall–Kier alpha value is 1.39. The third-order valence-corrected chi connectivity index (χ3v) is 7.03. The first-order chi connectivity index (χ1) is 3.70. The predicted octanol–water partition coefficient (Wildman–Crippen LogP) is 2.64. The van der Waals surface area contributed by atoms with E-state index >= 15 is 0 Å². The van der Waals surface area contributed by atoms with Gasteiger partial charge in [-0.15, -0.1) is 7.92 Å². The second kappa shape index (κ2) is 2.98. The van der Waals surface area contributed by atoms with E-state index in [1.165, 1.54) is 12.3 Å². The lowest BCUT2D eigenvalue weighted by molar-refractivity contribution is 1.03. The van der Waals surface area contributed by atoms with Crippen LogP contribution in [0.2, 0.25) is 0 Å². The number of rotatable bonds is 0. The van der Waals surface area contributed by atoms with Gasteiger partial charge in [0.1, 0.15) is 0 Å². The van der Waals surface area contributed by atoms with Gasteiger partial charge in [0.2, 0.25) is 0 Å². The zero-order chi connectivity index (χ0) is 6.15. The molecule has 0 aromatic rings. The Morgan fingerprint density at radius 1 is 1.25 bits per heavy atom. The molecule has 0 aliphatic carbocycles. The standard InChI is InChI=1S/C5H9Br2P/c1-8-2-4(6)5(7)3-8/h4-5H,2-3H2,1H3. The van der Waals surface area contributed by atoms with Crippen LogP contribution in [0.15, 0.2) is 0 Å². The van der Waals surface area contributed by atoms with Crippen LogP contribution in [0, 0.1) is 0 Å². The molecule has 1 heterocycles. The van der Waals surface area contributed by atoms with E-state index in [1.54, 1.807) is 0 Å². The van der Waals surface area contributed by atoms with E-state index in [1.807, 2.05) is 0 Å². The summed E-state index contributed by atoms with van der Waals surface area (Å²) in [6.07, 6.45) is 2.79. The molecule has 48 valence electrons. The largest absolute Gasteiger partial charge is 0.108 e. The smallest absolute Gasteiger partial charge is 0.0313 e. The molecular weight excluding hydrogens is 251 g/mol. The molecule has 2 unspecified atom stereocenters. The van der Waals surface area contributed by atoms with Gasteiger partial charge in [-0.05, 0) is 19.0 Å². The molecule has 1 rings (SSSR count). The van der Waals surface area contributed by atoms with Crippen molar-refractivity contribution in [2.24, 2.45) is 0 Å². The first kappa shape index (κ1) is 7.50. The van der Waals surface area contributed by atoms with Crippen LogP contribution < -0.4 is 0 Å². The van der Waals surface area contributed by atoms with Gasteiger partial charge in [0, 0.05) is 9.65 Å². The third kappa shape index (κ3) is 1.68. The highest BCUT2D eigenvalue weighted by Gasteiger charge is 2.26. The van der Waals surface area contributed by atoms with Gasteiger partial charge >= 0.3 is 0 Å². The SMILES string of the molecule is CP1CC(Br)C(Br)C1. The van der Waals surface area contributed by atoms with Crippen LogP contribution in [-0.4, -0.2) is 28.6 Å². The Bertz CT molecular complexity index is 76.5. The van der Waals surface area contributed by atoms with Crippen LogP contribution in [0.1, 0.15) is 0 Å². The fourth-order valence-corrected chi connectivity index (χ4v) is 6.67. The molecule has 0 bridgehead atoms. The molecule has 1 saturated heterocycles. The van der Waals surface area contributed by atoms with Crippen molar-refractivity contribution in [2.75, 3.05) is 19.0 Å². The highest BCUT2D eigenvalue weighted by molar-refractivity contribution is 9.12. The minimum atomic E-state index is 0.363. The highest BCUT2D eigenvalue weighted by Crippen LogP contribution is 2.45. The van der Waals surface area contributed by atoms with Crippen LogP contribution in [0.4, 0.5) is 0 Å². The van der Waals surface area contributed by atoms with Crippen LogP contribution in [0.3, 0.4) is 0 Å². The Balaban J connectivity index is 2.39. The summed E-state index contributed by atoms with van der Waals surface area (Å²) in [4.78, 5) is 1.50. The van der Waals surface area contributed by atoms with Crippen molar-refractivity contribution in [2.45, 2.75) is 9.65 Å². The van der Waals surface area contributed by atoms with Gasteiger partial charge in [-0.3, -0.25) is 0 Å². The maximum absolute atomic E-state index is 3.61. The van der Waals surface area contributed by atoms with E-state index in [4.69, 9.17) is 0 Å². The van der Waals surface area contributed by atoms with E-state index < -0.39 is 0 Å². The second-order valence-electron chi connectivity index (χ2n) is 2.25. The molecule has 0 radical (unpaired) electrons. The summed E-state index contributed by atoms with van der Waals surface area (Å²) >= 11 is 7.23. The van der Waals surface area contributed by atoms with Gasteiger partial charge < -0.3 is 0 Å². The Morgan fingerprint density at radius 3 is 1.75 bits per heavy atom. The number of hydrogen-bond acceptors (Lipinski definition) is 0. The fraction of sp³-hybridized carbons (Fsp3) is 1.00. The summed E-state index contributed by atoms with van der Waals surface area (Å²) in [6.45, 7) is 2.37. The molecule has 2 atom stereocenters.